The highest BCUT2D eigenvalue weighted by atomic mass is 16.5. The molecule has 0 aliphatic heterocycles. The van der Waals surface area contributed by atoms with Crippen LogP contribution in [0.4, 0.5) is 5.69 Å². The highest BCUT2D eigenvalue weighted by Gasteiger charge is 2.16. The molecule has 126 valence electrons. The van der Waals surface area contributed by atoms with Gasteiger partial charge in [0.05, 0.1) is 17.5 Å². The van der Waals surface area contributed by atoms with Crippen molar-refractivity contribution in [3.8, 4) is 0 Å². The summed E-state index contributed by atoms with van der Waals surface area (Å²) in [5, 5.41) is 2.67. The van der Waals surface area contributed by atoms with Crippen LogP contribution in [0.3, 0.4) is 0 Å². The van der Waals surface area contributed by atoms with E-state index in [0.29, 0.717) is 5.69 Å². The molecule has 0 saturated heterocycles. The Bertz CT molecular complexity index is 884. The number of furan rings is 1. The Morgan fingerprint density at radius 2 is 1.76 bits per heavy atom. The van der Waals surface area contributed by atoms with Gasteiger partial charge in [-0.3, -0.25) is 4.79 Å². The number of ether oxygens (including phenoxy) is 1. The van der Waals surface area contributed by atoms with Crippen LogP contribution in [0.5, 0.6) is 0 Å². The van der Waals surface area contributed by atoms with Gasteiger partial charge in [0.2, 0.25) is 0 Å². The molecule has 1 N–H and O–H groups in total. The summed E-state index contributed by atoms with van der Waals surface area (Å²) in [5.41, 5.74) is 2.65. The molecule has 25 heavy (non-hydrogen) atoms. The number of para-hydroxylation sites is 1. The molecule has 2 aromatic carbocycles. The summed E-state index contributed by atoms with van der Waals surface area (Å²) in [4.78, 5) is 24.5. The molecule has 0 saturated carbocycles. The van der Waals surface area contributed by atoms with Crippen molar-refractivity contribution in [2.75, 3.05) is 5.32 Å². The quantitative estimate of drug-likeness (QED) is 0.710. The fourth-order valence-electron chi connectivity index (χ4n) is 2.35. The van der Waals surface area contributed by atoms with Crippen LogP contribution in [0, 0.1) is 6.92 Å². The van der Waals surface area contributed by atoms with Gasteiger partial charge in [0.25, 0.3) is 5.91 Å². The van der Waals surface area contributed by atoms with Gasteiger partial charge < -0.3 is 14.5 Å². The third-order valence-corrected chi connectivity index (χ3v) is 3.76. The average molecular weight is 335 g/mol. The number of carbonyl (C=O) groups is 2. The average Bonchev–Trinajstić information content (AvgIpc) is 3.16. The minimum atomic E-state index is -0.501. The molecular formula is C20H17NO4. The number of benzene rings is 2. The molecule has 0 atom stereocenters. The molecule has 0 unspecified atom stereocenters. The molecular weight excluding hydrogens is 318 g/mol. The molecule has 0 radical (unpaired) electrons. The van der Waals surface area contributed by atoms with Crippen molar-refractivity contribution < 1.29 is 18.7 Å². The number of anilines is 1. The van der Waals surface area contributed by atoms with Crippen LogP contribution in [0.1, 0.15) is 32.0 Å². The highest BCUT2D eigenvalue weighted by Crippen LogP contribution is 2.19. The number of amides is 1. The van der Waals surface area contributed by atoms with Gasteiger partial charge >= 0.3 is 5.97 Å². The molecule has 3 aromatic rings. The van der Waals surface area contributed by atoms with Crippen molar-refractivity contribution in [2.45, 2.75) is 13.5 Å². The lowest BCUT2D eigenvalue weighted by Gasteiger charge is -2.11. The zero-order valence-corrected chi connectivity index (χ0v) is 13.7. The Kier molecular flexibility index (Phi) is 4.95. The van der Waals surface area contributed by atoms with Crippen molar-refractivity contribution in [3.63, 3.8) is 0 Å². The summed E-state index contributed by atoms with van der Waals surface area (Å²) in [5.74, 6) is -0.758. The van der Waals surface area contributed by atoms with E-state index in [1.54, 1.807) is 36.4 Å². The van der Waals surface area contributed by atoms with E-state index in [0.717, 1.165) is 11.1 Å². The Balaban J connectivity index is 1.72. The number of nitrogens with one attached hydrogen (secondary N) is 1. The zero-order valence-electron chi connectivity index (χ0n) is 13.7. The van der Waals surface area contributed by atoms with Crippen LogP contribution in [-0.4, -0.2) is 11.9 Å². The van der Waals surface area contributed by atoms with Crippen molar-refractivity contribution in [3.05, 3.63) is 89.4 Å². The maximum atomic E-state index is 12.4. The molecule has 0 aliphatic rings. The number of hydrogen-bond acceptors (Lipinski definition) is 4. The van der Waals surface area contributed by atoms with Crippen LogP contribution in [-0.2, 0) is 11.3 Å². The van der Waals surface area contributed by atoms with Crippen LogP contribution >= 0.6 is 0 Å². The lowest BCUT2D eigenvalue weighted by atomic mass is 10.1. The van der Waals surface area contributed by atoms with Crippen molar-refractivity contribution in [1.29, 1.82) is 0 Å². The summed E-state index contributed by atoms with van der Waals surface area (Å²) in [7, 11) is 0. The molecule has 0 bridgehead atoms. The topological polar surface area (TPSA) is 68.5 Å². The molecule has 1 amide bonds. The van der Waals surface area contributed by atoms with Crippen LogP contribution in [0.15, 0.2) is 71.3 Å². The normalized spacial score (nSPS) is 10.3. The largest absolute Gasteiger partial charge is 0.459 e. The highest BCUT2D eigenvalue weighted by molar-refractivity contribution is 6.06. The summed E-state index contributed by atoms with van der Waals surface area (Å²) < 4.78 is 10.5. The molecule has 0 fully saturated rings. The molecule has 5 heteroatoms. The Labute approximate surface area is 145 Å². The van der Waals surface area contributed by atoms with Crippen molar-refractivity contribution in [1.82, 2.24) is 0 Å². The van der Waals surface area contributed by atoms with Crippen LogP contribution < -0.4 is 5.32 Å². The first-order valence-electron chi connectivity index (χ1n) is 7.80. The van der Waals surface area contributed by atoms with Gasteiger partial charge in [0.15, 0.2) is 5.76 Å². The van der Waals surface area contributed by atoms with Crippen LogP contribution in [0.2, 0.25) is 0 Å². The van der Waals surface area contributed by atoms with E-state index in [-0.39, 0.29) is 17.9 Å². The predicted molar refractivity (Wildman–Crippen MR) is 93.4 cm³/mol. The van der Waals surface area contributed by atoms with Crippen LogP contribution in [0.25, 0.3) is 0 Å². The Morgan fingerprint density at radius 1 is 1.00 bits per heavy atom. The number of rotatable bonds is 5. The Hall–Kier alpha value is -3.34. The zero-order chi connectivity index (χ0) is 17.6. The maximum absolute atomic E-state index is 12.4. The molecule has 1 aromatic heterocycles. The smallest absolute Gasteiger partial charge is 0.340 e. The van der Waals surface area contributed by atoms with Gasteiger partial charge in [-0.05, 0) is 42.3 Å². The standard InChI is InChI=1S/C20H17NO4/c1-14-7-2-3-8-15(14)13-25-20(23)16-9-4-5-10-17(16)21-19(22)18-11-6-12-24-18/h2-12H,13H2,1H3,(H,21,22). The lowest BCUT2D eigenvalue weighted by molar-refractivity contribution is 0.0473. The minimum absolute atomic E-state index is 0.170. The van der Waals surface area contributed by atoms with E-state index in [1.165, 1.54) is 6.26 Å². The molecule has 1 heterocycles. The maximum Gasteiger partial charge on any atom is 0.340 e. The van der Waals surface area contributed by atoms with E-state index in [1.807, 2.05) is 31.2 Å². The fraction of sp³-hybridized carbons (Fsp3) is 0.100. The van der Waals surface area contributed by atoms with Gasteiger partial charge in [-0.15, -0.1) is 0 Å². The second-order valence-electron chi connectivity index (χ2n) is 5.48. The second kappa shape index (κ2) is 7.49. The van der Waals surface area contributed by atoms with E-state index in [4.69, 9.17) is 9.15 Å². The van der Waals surface area contributed by atoms with Gasteiger partial charge in [0.1, 0.15) is 6.61 Å². The third kappa shape index (κ3) is 3.95. The molecule has 0 spiro atoms. The number of aryl methyl sites for hydroxylation is 1. The third-order valence-electron chi connectivity index (χ3n) is 3.76. The SMILES string of the molecule is Cc1ccccc1COC(=O)c1ccccc1NC(=O)c1ccco1. The van der Waals surface area contributed by atoms with Crippen molar-refractivity contribution in [2.24, 2.45) is 0 Å². The van der Waals surface area contributed by atoms with Gasteiger partial charge in [-0.1, -0.05) is 36.4 Å². The van der Waals surface area contributed by atoms with E-state index in [2.05, 4.69) is 5.32 Å². The first-order chi connectivity index (χ1) is 12.1. The monoisotopic (exact) mass is 335 g/mol. The first-order valence-corrected chi connectivity index (χ1v) is 7.80. The number of esters is 1. The lowest BCUT2D eigenvalue weighted by Crippen LogP contribution is -2.15. The molecule has 3 rings (SSSR count). The summed E-state index contributed by atoms with van der Waals surface area (Å²) in [6.45, 7) is 2.13. The summed E-state index contributed by atoms with van der Waals surface area (Å²) >= 11 is 0. The van der Waals surface area contributed by atoms with Gasteiger partial charge in [-0.2, -0.15) is 0 Å². The Morgan fingerprint density at radius 3 is 2.52 bits per heavy atom. The predicted octanol–water partition coefficient (Wildman–Crippen LogP) is 4.20. The summed E-state index contributed by atoms with van der Waals surface area (Å²) in [6.07, 6.45) is 1.41. The van der Waals surface area contributed by atoms with Gasteiger partial charge in [-0.25, -0.2) is 4.79 Å². The number of carbonyl (C=O) groups excluding carboxylic acids is 2. The molecule has 5 nitrogen and oxygen atoms in total. The second-order valence-corrected chi connectivity index (χ2v) is 5.48. The van der Waals surface area contributed by atoms with E-state index < -0.39 is 11.9 Å². The van der Waals surface area contributed by atoms with E-state index in [9.17, 15) is 9.59 Å². The number of hydrogen-bond donors (Lipinski definition) is 1. The first kappa shape index (κ1) is 16.5. The minimum Gasteiger partial charge on any atom is -0.459 e. The fourth-order valence-corrected chi connectivity index (χ4v) is 2.35. The van der Waals surface area contributed by atoms with E-state index >= 15 is 0 Å². The summed E-state index contributed by atoms with van der Waals surface area (Å²) in [6, 6.07) is 17.6. The molecule has 0 aliphatic carbocycles. The van der Waals surface area contributed by atoms with Gasteiger partial charge in [0, 0.05) is 0 Å². The van der Waals surface area contributed by atoms with Crippen molar-refractivity contribution >= 4 is 17.6 Å².